The molecule has 2 atom stereocenters. The van der Waals surface area contributed by atoms with E-state index < -0.39 is 0 Å². The normalized spacial score (nSPS) is 13.3. The second-order valence-electron chi connectivity index (χ2n) is 6.99. The van der Waals surface area contributed by atoms with Crippen LogP contribution in [0.15, 0.2) is 48.5 Å². The van der Waals surface area contributed by atoms with Crippen LogP contribution in [-0.4, -0.2) is 39.9 Å². The van der Waals surface area contributed by atoms with Gasteiger partial charge in [-0.3, -0.25) is 0 Å². The van der Waals surface area contributed by atoms with Crippen LogP contribution in [0.25, 0.3) is 0 Å². The van der Waals surface area contributed by atoms with Crippen LogP contribution < -0.4 is 15.4 Å². The molecule has 0 amide bonds. The zero-order valence-electron chi connectivity index (χ0n) is 17.2. The van der Waals surface area contributed by atoms with Crippen LogP contribution in [0, 0.1) is 0 Å². The molecule has 0 saturated heterocycles. The van der Waals surface area contributed by atoms with Crippen LogP contribution in [0.2, 0.25) is 5.02 Å². The average Bonchev–Trinajstić information content (AvgIpc) is 2.71. The van der Waals surface area contributed by atoms with Gasteiger partial charge in [0, 0.05) is 31.3 Å². The van der Waals surface area contributed by atoms with Gasteiger partial charge in [0.2, 0.25) is 0 Å². The van der Waals surface area contributed by atoms with Crippen molar-refractivity contribution >= 4 is 11.6 Å². The summed E-state index contributed by atoms with van der Waals surface area (Å²) in [6, 6.07) is 16.3. The lowest BCUT2D eigenvalue weighted by atomic mass is 10.0. The van der Waals surface area contributed by atoms with Crippen LogP contribution >= 0.6 is 11.6 Å². The quantitative estimate of drug-likeness (QED) is 0.470. The van der Waals surface area contributed by atoms with Crippen molar-refractivity contribution in [2.45, 2.75) is 32.3 Å². The van der Waals surface area contributed by atoms with E-state index in [1.165, 1.54) is 5.56 Å². The van der Waals surface area contributed by atoms with Crippen LogP contribution in [0.3, 0.4) is 0 Å². The molecule has 0 spiro atoms. The summed E-state index contributed by atoms with van der Waals surface area (Å²) in [7, 11) is 1.92. The van der Waals surface area contributed by atoms with E-state index in [2.05, 4.69) is 42.7 Å². The van der Waals surface area contributed by atoms with Gasteiger partial charge in [0.05, 0.1) is 6.10 Å². The molecular formula is C23H33ClN2O2. The van der Waals surface area contributed by atoms with Gasteiger partial charge in [-0.25, -0.2) is 0 Å². The van der Waals surface area contributed by atoms with Gasteiger partial charge in [-0.2, -0.15) is 0 Å². The fourth-order valence-corrected chi connectivity index (χ4v) is 3.15. The standard InChI is InChI=1S/C23H33ClN2O2/c1-4-13-28-23(20-6-5-7-21(24)15-20)17-26-16-18(2)19-8-10-22(11-9-19)27-14-12-25-3/h5-11,15,18,23,25-26H,4,12-14,16-17H2,1-3H3. The van der Waals surface area contributed by atoms with E-state index in [0.29, 0.717) is 12.5 Å². The van der Waals surface area contributed by atoms with Crippen molar-refractivity contribution in [1.82, 2.24) is 10.6 Å². The Labute approximate surface area is 174 Å². The van der Waals surface area contributed by atoms with E-state index >= 15 is 0 Å². The number of nitrogens with one attached hydrogen (secondary N) is 2. The Morgan fingerprint density at radius 1 is 1.00 bits per heavy atom. The largest absolute Gasteiger partial charge is 0.492 e. The highest BCUT2D eigenvalue weighted by Gasteiger charge is 2.13. The van der Waals surface area contributed by atoms with Crippen LogP contribution in [0.5, 0.6) is 5.75 Å². The number of rotatable bonds is 13. The van der Waals surface area contributed by atoms with Crippen molar-refractivity contribution in [3.63, 3.8) is 0 Å². The maximum absolute atomic E-state index is 6.15. The minimum absolute atomic E-state index is 0.00815. The second-order valence-corrected chi connectivity index (χ2v) is 7.43. The average molecular weight is 405 g/mol. The smallest absolute Gasteiger partial charge is 0.119 e. The lowest BCUT2D eigenvalue weighted by Gasteiger charge is -2.21. The second kappa shape index (κ2) is 12.8. The highest BCUT2D eigenvalue weighted by Crippen LogP contribution is 2.22. The van der Waals surface area contributed by atoms with Crippen LogP contribution in [0.4, 0.5) is 0 Å². The molecule has 28 heavy (non-hydrogen) atoms. The van der Waals surface area contributed by atoms with E-state index in [9.17, 15) is 0 Å². The molecule has 0 heterocycles. The Morgan fingerprint density at radius 3 is 2.46 bits per heavy atom. The van der Waals surface area contributed by atoms with Gasteiger partial charge in [-0.15, -0.1) is 0 Å². The molecule has 2 rings (SSSR count). The molecule has 0 bridgehead atoms. The molecule has 0 saturated carbocycles. The molecule has 5 heteroatoms. The summed E-state index contributed by atoms with van der Waals surface area (Å²) in [5.41, 5.74) is 2.41. The lowest BCUT2D eigenvalue weighted by Crippen LogP contribution is -2.27. The minimum Gasteiger partial charge on any atom is -0.492 e. The van der Waals surface area contributed by atoms with E-state index in [1.54, 1.807) is 0 Å². The fourth-order valence-electron chi connectivity index (χ4n) is 2.95. The fraction of sp³-hybridized carbons (Fsp3) is 0.478. The summed E-state index contributed by atoms with van der Waals surface area (Å²) < 4.78 is 11.7. The Bertz CT molecular complexity index is 679. The first kappa shape index (κ1) is 22.7. The summed E-state index contributed by atoms with van der Waals surface area (Å²) in [4.78, 5) is 0. The van der Waals surface area contributed by atoms with Crippen LogP contribution in [0.1, 0.15) is 43.4 Å². The number of ether oxygens (including phenoxy) is 2. The molecule has 0 radical (unpaired) electrons. The maximum Gasteiger partial charge on any atom is 0.119 e. The monoisotopic (exact) mass is 404 g/mol. The molecule has 0 aliphatic carbocycles. The summed E-state index contributed by atoms with van der Waals surface area (Å²) >= 11 is 6.15. The molecule has 154 valence electrons. The minimum atomic E-state index is 0.00815. The van der Waals surface area contributed by atoms with Crippen molar-refractivity contribution in [3.05, 3.63) is 64.7 Å². The molecule has 4 nitrogen and oxygen atoms in total. The summed E-state index contributed by atoms with van der Waals surface area (Å²) in [5.74, 6) is 1.31. The summed E-state index contributed by atoms with van der Waals surface area (Å²) in [6.07, 6.45) is 1.00. The number of hydrogen-bond acceptors (Lipinski definition) is 4. The predicted octanol–water partition coefficient (Wildman–Crippen LogP) is 4.80. The Hall–Kier alpha value is -1.59. The third kappa shape index (κ3) is 7.80. The van der Waals surface area contributed by atoms with E-state index in [0.717, 1.165) is 49.0 Å². The van der Waals surface area contributed by atoms with Crippen LogP contribution in [-0.2, 0) is 4.74 Å². The van der Waals surface area contributed by atoms with Gasteiger partial charge in [0.15, 0.2) is 0 Å². The van der Waals surface area contributed by atoms with Gasteiger partial charge in [-0.05, 0) is 54.8 Å². The predicted molar refractivity (Wildman–Crippen MR) is 118 cm³/mol. The Morgan fingerprint density at radius 2 is 1.79 bits per heavy atom. The van der Waals surface area contributed by atoms with Gasteiger partial charge in [0.1, 0.15) is 12.4 Å². The molecule has 0 aliphatic heterocycles. The Kier molecular flexibility index (Phi) is 10.4. The maximum atomic E-state index is 6.15. The molecular weight excluding hydrogens is 372 g/mol. The first-order valence-corrected chi connectivity index (χ1v) is 10.5. The van der Waals surface area contributed by atoms with Crippen molar-refractivity contribution < 1.29 is 9.47 Å². The summed E-state index contributed by atoms with van der Waals surface area (Å²) in [5, 5.41) is 7.38. The molecule has 0 fully saturated rings. The van der Waals surface area contributed by atoms with Crippen molar-refractivity contribution in [3.8, 4) is 5.75 Å². The third-order valence-electron chi connectivity index (χ3n) is 4.59. The molecule has 2 aromatic rings. The van der Waals surface area contributed by atoms with Crippen molar-refractivity contribution in [1.29, 1.82) is 0 Å². The van der Waals surface area contributed by atoms with E-state index in [1.807, 2.05) is 37.4 Å². The molecule has 2 unspecified atom stereocenters. The van der Waals surface area contributed by atoms with Crippen molar-refractivity contribution in [2.75, 3.05) is 39.9 Å². The first-order valence-electron chi connectivity index (χ1n) is 10.1. The number of halogens is 1. The summed E-state index contributed by atoms with van der Waals surface area (Å²) in [6.45, 7) is 8.25. The number of hydrogen-bond donors (Lipinski definition) is 2. The van der Waals surface area contributed by atoms with Gasteiger partial charge >= 0.3 is 0 Å². The molecule has 0 aliphatic rings. The Balaban J connectivity index is 1.85. The molecule has 2 aromatic carbocycles. The highest BCUT2D eigenvalue weighted by molar-refractivity contribution is 6.30. The molecule has 2 N–H and O–H groups in total. The first-order chi connectivity index (χ1) is 13.6. The zero-order chi connectivity index (χ0) is 20.2. The van der Waals surface area contributed by atoms with Gasteiger partial charge < -0.3 is 20.1 Å². The SMILES string of the molecule is CCCOC(CNCC(C)c1ccc(OCCNC)cc1)c1cccc(Cl)c1. The lowest BCUT2D eigenvalue weighted by molar-refractivity contribution is 0.0529. The zero-order valence-corrected chi connectivity index (χ0v) is 18.0. The van der Waals surface area contributed by atoms with Gasteiger partial charge in [-0.1, -0.05) is 49.7 Å². The number of likely N-dealkylation sites (N-methyl/N-ethyl adjacent to an activating group) is 1. The third-order valence-corrected chi connectivity index (χ3v) is 4.83. The van der Waals surface area contributed by atoms with Gasteiger partial charge in [0.25, 0.3) is 0 Å². The van der Waals surface area contributed by atoms with E-state index in [-0.39, 0.29) is 6.10 Å². The number of benzene rings is 2. The van der Waals surface area contributed by atoms with E-state index in [4.69, 9.17) is 21.1 Å². The van der Waals surface area contributed by atoms with Crippen molar-refractivity contribution in [2.24, 2.45) is 0 Å². The topological polar surface area (TPSA) is 42.5 Å². The highest BCUT2D eigenvalue weighted by atomic mass is 35.5. The molecule has 0 aromatic heterocycles.